The molecule has 1 N–H and O–H groups in total. The van der Waals surface area contributed by atoms with Crippen molar-refractivity contribution < 1.29 is 9.59 Å². The molecule has 2 aliphatic rings. The number of anilines is 1. The summed E-state index contributed by atoms with van der Waals surface area (Å²) in [5.41, 5.74) is 1.83. The van der Waals surface area contributed by atoms with Gasteiger partial charge in [-0.15, -0.1) is 11.3 Å². The molecule has 31 heavy (non-hydrogen) atoms. The van der Waals surface area contributed by atoms with E-state index < -0.39 is 0 Å². The van der Waals surface area contributed by atoms with Gasteiger partial charge in [0.2, 0.25) is 5.91 Å². The molecule has 0 radical (unpaired) electrons. The van der Waals surface area contributed by atoms with Gasteiger partial charge in [0.05, 0.1) is 0 Å². The Morgan fingerprint density at radius 3 is 2.65 bits per heavy atom. The maximum atomic E-state index is 13.2. The molecule has 1 atom stereocenters. The molecule has 2 fully saturated rings. The Labute approximate surface area is 188 Å². The van der Waals surface area contributed by atoms with Gasteiger partial charge >= 0.3 is 0 Å². The van der Waals surface area contributed by atoms with E-state index in [1.54, 1.807) is 11.3 Å². The van der Waals surface area contributed by atoms with Crippen molar-refractivity contribution in [2.24, 2.45) is 0 Å². The molecule has 4 rings (SSSR count). The zero-order chi connectivity index (χ0) is 21.8. The lowest BCUT2D eigenvalue weighted by atomic mass is 10.1. The molecule has 2 saturated heterocycles. The standard InChI is InChI=1S/C24H32N4O2S/c1-18-8-9-21(31-18)10-11-25-23(29)22-17-28(15-14-26(22)2)24(30)19-6-5-7-20(16-19)27-12-3-4-13-27/h5-9,16,22H,3-4,10-15,17H2,1-2H3,(H,25,29). The molecule has 0 bridgehead atoms. The van der Waals surface area contributed by atoms with Crippen LogP contribution in [0.1, 0.15) is 33.0 Å². The third-order valence-corrected chi connectivity index (χ3v) is 7.33. The topological polar surface area (TPSA) is 55.9 Å². The summed E-state index contributed by atoms with van der Waals surface area (Å²) < 4.78 is 0. The minimum Gasteiger partial charge on any atom is -0.372 e. The van der Waals surface area contributed by atoms with Gasteiger partial charge in [-0.25, -0.2) is 0 Å². The Bertz CT molecular complexity index is 922. The quantitative estimate of drug-likeness (QED) is 0.751. The molecular formula is C24H32N4O2S. The molecule has 0 saturated carbocycles. The molecule has 7 heteroatoms. The first-order valence-corrected chi connectivity index (χ1v) is 12.0. The van der Waals surface area contributed by atoms with Crippen molar-refractivity contribution in [1.29, 1.82) is 0 Å². The number of carbonyl (C=O) groups is 2. The van der Waals surface area contributed by atoms with Gasteiger partial charge in [0.15, 0.2) is 0 Å². The maximum Gasteiger partial charge on any atom is 0.254 e. The molecule has 3 heterocycles. The van der Waals surface area contributed by atoms with Crippen LogP contribution in [0, 0.1) is 6.92 Å². The highest BCUT2D eigenvalue weighted by Gasteiger charge is 2.32. The number of thiophene rings is 1. The van der Waals surface area contributed by atoms with Crippen molar-refractivity contribution >= 4 is 28.8 Å². The summed E-state index contributed by atoms with van der Waals surface area (Å²) in [4.78, 5) is 34.8. The number of hydrogen-bond donors (Lipinski definition) is 1. The lowest BCUT2D eigenvalue weighted by Gasteiger charge is -2.38. The van der Waals surface area contributed by atoms with Crippen LogP contribution in [-0.2, 0) is 11.2 Å². The summed E-state index contributed by atoms with van der Waals surface area (Å²) in [6, 6.07) is 11.9. The van der Waals surface area contributed by atoms with E-state index >= 15 is 0 Å². The number of rotatable bonds is 6. The number of nitrogens with zero attached hydrogens (tertiary/aromatic N) is 3. The Hall–Kier alpha value is -2.38. The van der Waals surface area contributed by atoms with Crippen LogP contribution >= 0.6 is 11.3 Å². The van der Waals surface area contributed by atoms with Crippen molar-refractivity contribution in [2.45, 2.75) is 32.2 Å². The third kappa shape index (κ3) is 5.28. The molecule has 0 spiro atoms. The van der Waals surface area contributed by atoms with Gasteiger partial charge in [-0.1, -0.05) is 6.07 Å². The molecule has 0 aliphatic carbocycles. The minimum absolute atomic E-state index is 0.000837. The molecule has 2 aliphatic heterocycles. The number of benzene rings is 1. The summed E-state index contributed by atoms with van der Waals surface area (Å²) in [5.74, 6) is 0.0140. The summed E-state index contributed by atoms with van der Waals surface area (Å²) in [6.07, 6.45) is 3.26. The number of hydrogen-bond acceptors (Lipinski definition) is 5. The molecule has 1 unspecified atom stereocenters. The van der Waals surface area contributed by atoms with Crippen LogP contribution in [0.2, 0.25) is 0 Å². The SMILES string of the molecule is Cc1ccc(CCNC(=O)C2CN(C(=O)c3cccc(N4CCCC4)c3)CCN2C)s1. The zero-order valence-corrected chi connectivity index (χ0v) is 19.3. The van der Waals surface area contributed by atoms with Gasteiger partial charge in [0, 0.05) is 60.3 Å². The Morgan fingerprint density at radius 1 is 1.10 bits per heavy atom. The maximum absolute atomic E-state index is 13.2. The van der Waals surface area contributed by atoms with Crippen molar-refractivity contribution in [3.63, 3.8) is 0 Å². The van der Waals surface area contributed by atoms with Crippen LogP contribution in [0.25, 0.3) is 0 Å². The molecular weight excluding hydrogens is 408 g/mol. The highest BCUT2D eigenvalue weighted by atomic mass is 32.1. The summed E-state index contributed by atoms with van der Waals surface area (Å²) >= 11 is 1.77. The Morgan fingerprint density at radius 2 is 1.90 bits per heavy atom. The Kier molecular flexibility index (Phi) is 6.92. The highest BCUT2D eigenvalue weighted by molar-refractivity contribution is 7.11. The van der Waals surface area contributed by atoms with Gasteiger partial charge in [-0.2, -0.15) is 0 Å². The summed E-state index contributed by atoms with van der Waals surface area (Å²) in [6.45, 7) is 6.58. The second-order valence-corrected chi connectivity index (χ2v) is 9.92. The lowest BCUT2D eigenvalue weighted by molar-refractivity contribution is -0.127. The van der Waals surface area contributed by atoms with E-state index in [-0.39, 0.29) is 17.9 Å². The predicted octanol–water partition coefficient (Wildman–Crippen LogP) is 2.77. The first kappa shape index (κ1) is 21.8. The van der Waals surface area contributed by atoms with Gasteiger partial charge in [0.25, 0.3) is 5.91 Å². The number of amides is 2. The normalized spacial score (nSPS) is 19.6. The number of carbonyl (C=O) groups excluding carboxylic acids is 2. The van der Waals surface area contributed by atoms with E-state index in [1.807, 2.05) is 30.1 Å². The number of nitrogens with one attached hydrogen (secondary N) is 1. The fourth-order valence-corrected chi connectivity index (χ4v) is 5.27. The summed E-state index contributed by atoms with van der Waals surface area (Å²) in [7, 11) is 1.96. The monoisotopic (exact) mass is 440 g/mol. The van der Waals surface area contributed by atoms with Crippen molar-refractivity contribution in [3.05, 3.63) is 51.7 Å². The van der Waals surface area contributed by atoms with Gasteiger partial charge in [-0.3, -0.25) is 14.5 Å². The molecule has 2 aromatic rings. The molecule has 166 valence electrons. The molecule has 6 nitrogen and oxygen atoms in total. The van der Waals surface area contributed by atoms with E-state index in [0.717, 1.165) is 25.2 Å². The molecule has 1 aromatic carbocycles. The molecule has 2 amide bonds. The van der Waals surface area contributed by atoms with Gasteiger partial charge in [0.1, 0.15) is 6.04 Å². The van der Waals surface area contributed by atoms with Crippen LogP contribution in [0.4, 0.5) is 5.69 Å². The second-order valence-electron chi connectivity index (χ2n) is 8.55. The highest BCUT2D eigenvalue weighted by Crippen LogP contribution is 2.22. The van der Waals surface area contributed by atoms with Crippen LogP contribution in [0.15, 0.2) is 36.4 Å². The zero-order valence-electron chi connectivity index (χ0n) is 18.5. The van der Waals surface area contributed by atoms with E-state index in [2.05, 4.69) is 40.2 Å². The number of piperazine rings is 1. The fraction of sp³-hybridized carbons (Fsp3) is 0.500. The van der Waals surface area contributed by atoms with Crippen LogP contribution in [-0.4, -0.2) is 74.0 Å². The fourth-order valence-electron chi connectivity index (χ4n) is 4.38. The van der Waals surface area contributed by atoms with Crippen molar-refractivity contribution in [3.8, 4) is 0 Å². The lowest BCUT2D eigenvalue weighted by Crippen LogP contribution is -2.58. The first-order chi connectivity index (χ1) is 15.0. The van der Waals surface area contributed by atoms with Gasteiger partial charge < -0.3 is 15.1 Å². The summed E-state index contributed by atoms with van der Waals surface area (Å²) in [5, 5.41) is 3.07. The number of aryl methyl sites for hydroxylation is 1. The molecule has 1 aromatic heterocycles. The van der Waals surface area contributed by atoms with E-state index in [4.69, 9.17) is 0 Å². The van der Waals surface area contributed by atoms with E-state index in [9.17, 15) is 9.59 Å². The third-order valence-electron chi connectivity index (χ3n) is 6.27. The van der Waals surface area contributed by atoms with Crippen LogP contribution < -0.4 is 10.2 Å². The van der Waals surface area contributed by atoms with E-state index in [0.29, 0.717) is 31.7 Å². The second kappa shape index (κ2) is 9.83. The largest absolute Gasteiger partial charge is 0.372 e. The van der Waals surface area contributed by atoms with E-state index in [1.165, 1.54) is 22.6 Å². The van der Waals surface area contributed by atoms with Gasteiger partial charge in [-0.05, 0) is 63.6 Å². The Balaban J connectivity index is 1.35. The first-order valence-electron chi connectivity index (χ1n) is 11.2. The van der Waals surface area contributed by atoms with Crippen LogP contribution in [0.3, 0.4) is 0 Å². The average molecular weight is 441 g/mol. The van der Waals surface area contributed by atoms with Crippen LogP contribution in [0.5, 0.6) is 0 Å². The smallest absolute Gasteiger partial charge is 0.254 e. The van der Waals surface area contributed by atoms with Crippen molar-refractivity contribution in [2.75, 3.05) is 51.2 Å². The minimum atomic E-state index is -0.315. The average Bonchev–Trinajstić information content (AvgIpc) is 3.46. The van der Waals surface area contributed by atoms with Crippen molar-refractivity contribution in [1.82, 2.24) is 15.1 Å². The predicted molar refractivity (Wildman–Crippen MR) is 126 cm³/mol. The number of likely N-dealkylation sites (N-methyl/N-ethyl adjacent to an activating group) is 1.